The largest absolute Gasteiger partial charge is 0.497 e. The number of aliphatic hydroxyl groups excluding tert-OH is 1. The fraction of sp³-hybridized carbons (Fsp3) is 0.581. The highest BCUT2D eigenvalue weighted by molar-refractivity contribution is 8.02. The third-order valence-electron chi connectivity index (χ3n) is 8.79. The number of anilines is 1. The van der Waals surface area contributed by atoms with Gasteiger partial charge in [0.15, 0.2) is 0 Å². The van der Waals surface area contributed by atoms with Gasteiger partial charge in [-0.3, -0.25) is 14.4 Å². The van der Waals surface area contributed by atoms with Crippen LogP contribution in [0.5, 0.6) is 5.75 Å². The predicted octanol–water partition coefficient (Wildman–Crippen LogP) is 3.60. The first-order valence-corrected chi connectivity index (χ1v) is 15.0. The highest BCUT2D eigenvalue weighted by Gasteiger charge is 2.77. The lowest BCUT2D eigenvalue weighted by molar-refractivity contribution is -0.145. The van der Waals surface area contributed by atoms with Gasteiger partial charge in [-0.05, 0) is 48.9 Å². The van der Waals surface area contributed by atoms with E-state index in [9.17, 15) is 19.5 Å². The van der Waals surface area contributed by atoms with E-state index in [-0.39, 0.29) is 48.0 Å². The zero-order chi connectivity index (χ0) is 29.4. The highest BCUT2D eigenvalue weighted by atomic mass is 32.2. The van der Waals surface area contributed by atoms with Crippen LogP contribution in [0.15, 0.2) is 49.6 Å². The number of methoxy groups -OCH3 is 1. The van der Waals surface area contributed by atoms with Gasteiger partial charge in [-0.2, -0.15) is 0 Å². The van der Waals surface area contributed by atoms with E-state index in [2.05, 4.69) is 20.1 Å². The average molecular weight is 570 g/mol. The molecule has 2 bridgehead atoms. The molecule has 0 aromatic heterocycles. The lowest BCUT2D eigenvalue weighted by Gasteiger charge is -2.42. The summed E-state index contributed by atoms with van der Waals surface area (Å²) in [7, 11) is 3.33. The molecular weight excluding hydrogens is 526 g/mol. The molecule has 1 spiro atoms. The predicted molar refractivity (Wildman–Crippen MR) is 159 cm³/mol. The zero-order valence-corrected chi connectivity index (χ0v) is 25.1. The number of hydrogen-bond acceptors (Lipinski definition) is 6. The van der Waals surface area contributed by atoms with Crippen LogP contribution in [0, 0.1) is 23.7 Å². The van der Waals surface area contributed by atoms with Crippen molar-refractivity contribution < 1.29 is 24.2 Å². The molecule has 3 amide bonds. The van der Waals surface area contributed by atoms with E-state index in [1.165, 1.54) is 0 Å². The Hall–Kier alpha value is -2.78. The highest BCUT2D eigenvalue weighted by Crippen LogP contribution is 2.69. The number of amides is 3. The maximum atomic E-state index is 14.8. The molecule has 4 rings (SSSR count). The first-order valence-electron chi connectivity index (χ1n) is 14.1. The van der Waals surface area contributed by atoms with Crippen LogP contribution >= 0.6 is 11.8 Å². The van der Waals surface area contributed by atoms with Gasteiger partial charge in [-0.1, -0.05) is 32.9 Å². The second-order valence-electron chi connectivity index (χ2n) is 11.7. The molecule has 0 radical (unpaired) electrons. The van der Waals surface area contributed by atoms with Crippen molar-refractivity contribution in [1.29, 1.82) is 0 Å². The topological polar surface area (TPSA) is 90.4 Å². The molecule has 3 heterocycles. The fourth-order valence-electron chi connectivity index (χ4n) is 7.13. The number of carbonyl (C=O) groups is 3. The minimum Gasteiger partial charge on any atom is -0.497 e. The van der Waals surface area contributed by atoms with Crippen molar-refractivity contribution in [3.8, 4) is 5.75 Å². The van der Waals surface area contributed by atoms with Crippen LogP contribution in [0.2, 0.25) is 0 Å². The molecule has 3 saturated heterocycles. The first kappa shape index (κ1) is 30.2. The fourth-order valence-corrected chi connectivity index (χ4v) is 9.53. The number of thioether (sulfide) groups is 1. The average Bonchev–Trinajstić information content (AvgIpc) is 3.53. The van der Waals surface area contributed by atoms with Crippen LogP contribution in [0.1, 0.15) is 33.6 Å². The van der Waals surface area contributed by atoms with Gasteiger partial charge in [0.1, 0.15) is 11.8 Å². The third-order valence-corrected chi connectivity index (χ3v) is 10.9. The molecule has 3 unspecified atom stereocenters. The maximum absolute atomic E-state index is 14.8. The number of fused-ring (bicyclic) bond motifs is 1. The van der Waals surface area contributed by atoms with Crippen LogP contribution < -0.4 is 9.64 Å². The molecule has 1 aromatic carbocycles. The van der Waals surface area contributed by atoms with Crippen molar-refractivity contribution in [2.24, 2.45) is 23.7 Å². The summed E-state index contributed by atoms with van der Waals surface area (Å²) in [6.45, 7) is 14.2. The first-order chi connectivity index (χ1) is 19.1. The second-order valence-corrected chi connectivity index (χ2v) is 13.3. The second kappa shape index (κ2) is 12.0. The summed E-state index contributed by atoms with van der Waals surface area (Å²) < 4.78 is 4.54. The third kappa shape index (κ3) is 4.85. The number of carbonyl (C=O) groups excluding carboxylic acids is 3. The summed E-state index contributed by atoms with van der Waals surface area (Å²) in [4.78, 5) is 48.0. The van der Waals surface area contributed by atoms with E-state index < -0.39 is 28.7 Å². The minimum absolute atomic E-state index is 0.0315. The molecule has 9 heteroatoms. The Balaban J connectivity index is 1.85. The molecule has 0 aliphatic carbocycles. The van der Waals surface area contributed by atoms with E-state index >= 15 is 0 Å². The Labute approximate surface area is 242 Å². The molecule has 1 N–H and O–H groups in total. The lowest BCUT2D eigenvalue weighted by Crippen LogP contribution is -2.59. The summed E-state index contributed by atoms with van der Waals surface area (Å²) in [6.07, 6.45) is 4.66. The summed E-state index contributed by atoms with van der Waals surface area (Å²) >= 11 is 1.65. The van der Waals surface area contributed by atoms with Gasteiger partial charge < -0.3 is 24.5 Å². The van der Waals surface area contributed by atoms with Crippen molar-refractivity contribution in [3.05, 3.63) is 49.6 Å². The molecule has 1 aromatic rings. The van der Waals surface area contributed by atoms with E-state index in [4.69, 9.17) is 4.74 Å². The van der Waals surface area contributed by atoms with Gasteiger partial charge >= 0.3 is 0 Å². The Morgan fingerprint density at radius 2 is 1.85 bits per heavy atom. The normalized spacial score (nSPS) is 29.3. The lowest BCUT2D eigenvalue weighted by atomic mass is 9.65. The Morgan fingerprint density at radius 3 is 2.40 bits per heavy atom. The van der Waals surface area contributed by atoms with E-state index in [1.54, 1.807) is 64.9 Å². The van der Waals surface area contributed by atoms with Gasteiger partial charge in [0.05, 0.1) is 36.3 Å². The quantitative estimate of drug-likeness (QED) is 0.387. The number of benzene rings is 1. The molecule has 3 fully saturated rings. The summed E-state index contributed by atoms with van der Waals surface area (Å²) in [5.74, 6) is -0.749. The number of rotatable bonds is 12. The number of hydrogen-bond donors (Lipinski definition) is 1. The molecule has 3 aliphatic heterocycles. The molecule has 0 saturated carbocycles. The van der Waals surface area contributed by atoms with Crippen molar-refractivity contribution >= 4 is 35.2 Å². The van der Waals surface area contributed by atoms with Crippen LogP contribution in [0.4, 0.5) is 5.69 Å². The Kier molecular flexibility index (Phi) is 9.05. The summed E-state index contributed by atoms with van der Waals surface area (Å²) in [5, 5.41) is 10.5. The van der Waals surface area contributed by atoms with Crippen molar-refractivity contribution in [1.82, 2.24) is 9.80 Å². The Morgan fingerprint density at radius 1 is 1.20 bits per heavy atom. The van der Waals surface area contributed by atoms with Gasteiger partial charge in [0.25, 0.3) is 5.91 Å². The van der Waals surface area contributed by atoms with E-state index in [1.807, 2.05) is 26.0 Å². The number of likely N-dealkylation sites (tertiary alicyclic amines) is 1. The number of aliphatic hydroxyl groups is 1. The van der Waals surface area contributed by atoms with Gasteiger partial charge in [-0.15, -0.1) is 24.9 Å². The summed E-state index contributed by atoms with van der Waals surface area (Å²) in [6, 6.07) is 5.90. The summed E-state index contributed by atoms with van der Waals surface area (Å²) in [5.41, 5.74) is 0.672. The van der Waals surface area contributed by atoms with E-state index in [0.717, 1.165) is 6.42 Å². The maximum Gasteiger partial charge on any atom is 0.251 e. The van der Waals surface area contributed by atoms with E-state index in [0.29, 0.717) is 24.4 Å². The van der Waals surface area contributed by atoms with Crippen molar-refractivity contribution in [3.63, 3.8) is 0 Å². The van der Waals surface area contributed by atoms with Crippen LogP contribution in [0.3, 0.4) is 0 Å². The molecule has 7 atom stereocenters. The smallest absolute Gasteiger partial charge is 0.251 e. The van der Waals surface area contributed by atoms with Gasteiger partial charge in [-0.25, -0.2) is 0 Å². The van der Waals surface area contributed by atoms with Crippen molar-refractivity contribution in [2.75, 3.05) is 38.8 Å². The number of nitrogens with zero attached hydrogens (tertiary/aromatic N) is 3. The molecule has 3 aliphatic rings. The number of ether oxygens (including phenoxy) is 1. The molecule has 40 heavy (non-hydrogen) atoms. The standard InChI is InChI=1S/C31H43N3O5S/c1-8-14-32(6)28(36)25-24-17-20(5)31(40-24)26(25)29(37)34(22(18-35)16-19(3)4)27(31)30(38)33(15-9-2)21-10-12-23(39-7)13-11-21/h8-13,19-20,22,24-27,35H,1-2,14-18H2,3-7H3/t20?,22-,24-,25+,26+,27?,31?/m1/s1. The molecule has 218 valence electrons. The minimum atomic E-state index is -0.824. The van der Waals surface area contributed by atoms with Gasteiger partial charge in [0, 0.05) is 31.1 Å². The Bertz CT molecular complexity index is 1140. The zero-order valence-electron chi connectivity index (χ0n) is 24.3. The van der Waals surface area contributed by atoms with Crippen molar-refractivity contribution in [2.45, 2.75) is 55.7 Å². The molecule has 8 nitrogen and oxygen atoms in total. The molecular formula is C31H43N3O5S. The SMILES string of the molecule is C=CCN(C)C(=O)[C@@H]1[C@H]2C(=O)N([C@@H](CO)CC(C)C)C(C(=O)N(CC=C)c3ccc(OC)cc3)C23S[C@@H]1CC3C. The van der Waals surface area contributed by atoms with Crippen LogP contribution in [-0.4, -0.2) is 88.6 Å². The van der Waals surface area contributed by atoms with Crippen LogP contribution in [-0.2, 0) is 14.4 Å². The van der Waals surface area contributed by atoms with Gasteiger partial charge in [0.2, 0.25) is 11.8 Å². The van der Waals surface area contributed by atoms with Crippen LogP contribution in [0.25, 0.3) is 0 Å². The number of likely N-dealkylation sites (N-methyl/N-ethyl adjacent to an activating group) is 1. The monoisotopic (exact) mass is 569 g/mol.